The van der Waals surface area contributed by atoms with E-state index in [-0.39, 0.29) is 17.3 Å². The Morgan fingerprint density at radius 1 is 1.12 bits per heavy atom. The maximum atomic E-state index is 14.4. The summed E-state index contributed by atoms with van der Waals surface area (Å²) in [6.07, 6.45) is -0.472. The third-order valence-electron chi connectivity index (χ3n) is 6.42. The highest BCUT2D eigenvalue weighted by molar-refractivity contribution is 5.84. The van der Waals surface area contributed by atoms with Gasteiger partial charge in [-0.15, -0.1) is 0 Å². The molecule has 40 heavy (non-hydrogen) atoms. The molecule has 0 amide bonds. The predicted octanol–water partition coefficient (Wildman–Crippen LogP) is 3.00. The van der Waals surface area contributed by atoms with Crippen LogP contribution in [-0.2, 0) is 4.74 Å². The van der Waals surface area contributed by atoms with Crippen molar-refractivity contribution in [3.63, 3.8) is 0 Å². The fourth-order valence-corrected chi connectivity index (χ4v) is 4.49. The first-order chi connectivity index (χ1) is 19.4. The summed E-state index contributed by atoms with van der Waals surface area (Å²) < 4.78 is 40.8. The quantitative estimate of drug-likeness (QED) is 0.280. The number of pyridine rings is 1. The minimum Gasteiger partial charge on any atom is -0.494 e. The number of nitrogen functional groups attached to an aromatic ring is 1. The van der Waals surface area contributed by atoms with E-state index in [9.17, 15) is 8.78 Å². The monoisotopic (exact) mass is 554 g/mol. The number of alkyl halides is 2. The molecule has 0 aliphatic carbocycles. The number of anilines is 3. The Kier molecular flexibility index (Phi) is 8.16. The molecule has 4 heterocycles. The van der Waals surface area contributed by atoms with Crippen LogP contribution in [0, 0.1) is 0 Å². The van der Waals surface area contributed by atoms with Gasteiger partial charge in [0.1, 0.15) is 17.1 Å². The summed E-state index contributed by atoms with van der Waals surface area (Å²) in [6, 6.07) is 6.76. The van der Waals surface area contributed by atoms with Crippen molar-refractivity contribution < 1.29 is 18.3 Å². The van der Waals surface area contributed by atoms with E-state index < -0.39 is 12.2 Å². The second-order valence-corrected chi connectivity index (χ2v) is 9.54. The zero-order valence-corrected chi connectivity index (χ0v) is 22.6. The summed E-state index contributed by atoms with van der Waals surface area (Å²) in [6.45, 7) is 3.59. The van der Waals surface area contributed by atoms with Crippen LogP contribution in [0.4, 0.5) is 26.2 Å². The first-order valence-corrected chi connectivity index (χ1v) is 12.9. The van der Waals surface area contributed by atoms with Gasteiger partial charge in [-0.05, 0) is 45.3 Å². The van der Waals surface area contributed by atoms with E-state index in [1.165, 1.54) is 11.7 Å². The lowest BCUT2D eigenvalue weighted by Crippen LogP contribution is -2.37. The number of benzene rings is 1. The molecule has 0 unspecified atom stereocenters. The molecule has 1 fully saturated rings. The highest BCUT2D eigenvalue weighted by Crippen LogP contribution is 2.33. The maximum absolute atomic E-state index is 14.4. The average Bonchev–Trinajstić information content (AvgIpc) is 3.36. The van der Waals surface area contributed by atoms with Gasteiger partial charge in [-0.2, -0.15) is 15.0 Å². The molecule has 3 N–H and O–H groups in total. The Hall–Kier alpha value is -4.17. The molecule has 12 nitrogen and oxygen atoms in total. The standard InChI is InChI=1S/C26H32F2N10O2/c1-36(2)9-5-8-30-22-17(14-16(29)15-31-22)23-33-25(37-10-12-40-13-11-37)35-26(34-23)38-18-6-4-7-19(39-3)20(18)32-24(38)21(27)28/h4,6-7,14-15,21H,5,8-13,29H2,1-3H3,(H,30,31). The molecule has 1 aliphatic rings. The number of halogens is 2. The summed E-state index contributed by atoms with van der Waals surface area (Å²) in [5, 5.41) is 3.34. The smallest absolute Gasteiger partial charge is 0.296 e. The van der Waals surface area contributed by atoms with Crippen LogP contribution in [0.25, 0.3) is 28.4 Å². The van der Waals surface area contributed by atoms with Gasteiger partial charge >= 0.3 is 0 Å². The van der Waals surface area contributed by atoms with Crippen LogP contribution in [0.5, 0.6) is 5.75 Å². The number of nitrogens with two attached hydrogens (primary N) is 1. The van der Waals surface area contributed by atoms with Gasteiger partial charge in [-0.25, -0.2) is 18.7 Å². The maximum Gasteiger partial charge on any atom is 0.296 e. The molecule has 1 saturated heterocycles. The van der Waals surface area contributed by atoms with Gasteiger partial charge in [0.15, 0.2) is 11.6 Å². The van der Waals surface area contributed by atoms with Gasteiger partial charge in [0.05, 0.1) is 43.3 Å². The molecule has 0 bridgehead atoms. The van der Waals surface area contributed by atoms with Gasteiger partial charge in [-0.3, -0.25) is 4.57 Å². The Morgan fingerprint density at radius 3 is 2.62 bits per heavy atom. The number of nitrogens with one attached hydrogen (secondary N) is 1. The molecule has 1 aromatic carbocycles. The SMILES string of the molecule is COc1cccc2c1nc(C(F)F)n2-c1nc(-c2cc(N)cnc2NCCCN(C)C)nc(N2CCOCC2)n1. The third-order valence-corrected chi connectivity index (χ3v) is 6.42. The number of ether oxygens (including phenoxy) is 2. The van der Waals surface area contributed by atoms with Gasteiger partial charge in [0.2, 0.25) is 11.9 Å². The fourth-order valence-electron chi connectivity index (χ4n) is 4.49. The fraction of sp³-hybridized carbons (Fsp3) is 0.423. The van der Waals surface area contributed by atoms with Crippen LogP contribution in [0.1, 0.15) is 18.7 Å². The number of rotatable bonds is 10. The van der Waals surface area contributed by atoms with Crippen LogP contribution < -0.4 is 20.7 Å². The van der Waals surface area contributed by atoms with E-state index in [4.69, 9.17) is 20.2 Å². The van der Waals surface area contributed by atoms with Crippen molar-refractivity contribution in [2.75, 3.05) is 76.5 Å². The molecule has 1 aliphatic heterocycles. The van der Waals surface area contributed by atoms with Crippen LogP contribution in [0.15, 0.2) is 30.5 Å². The van der Waals surface area contributed by atoms with E-state index in [1.807, 2.05) is 19.0 Å². The summed E-state index contributed by atoms with van der Waals surface area (Å²) in [4.78, 5) is 26.8. The molecule has 0 saturated carbocycles. The first kappa shape index (κ1) is 27.4. The van der Waals surface area contributed by atoms with Crippen molar-refractivity contribution in [3.05, 3.63) is 36.3 Å². The Bertz CT molecular complexity index is 1470. The highest BCUT2D eigenvalue weighted by atomic mass is 19.3. The van der Waals surface area contributed by atoms with E-state index in [2.05, 4.69) is 30.2 Å². The highest BCUT2D eigenvalue weighted by Gasteiger charge is 2.26. The molecular formula is C26H32F2N10O2. The molecule has 4 aromatic rings. The van der Waals surface area contributed by atoms with E-state index in [0.29, 0.717) is 67.1 Å². The summed E-state index contributed by atoms with van der Waals surface area (Å²) in [7, 11) is 5.48. The third kappa shape index (κ3) is 5.72. The number of methoxy groups -OCH3 is 1. The van der Waals surface area contributed by atoms with E-state index >= 15 is 0 Å². The second kappa shape index (κ2) is 11.9. The molecule has 14 heteroatoms. The van der Waals surface area contributed by atoms with Crippen LogP contribution >= 0.6 is 0 Å². The minimum atomic E-state index is -2.90. The van der Waals surface area contributed by atoms with Gasteiger partial charge in [0, 0.05) is 19.6 Å². The van der Waals surface area contributed by atoms with Gasteiger partial charge in [-0.1, -0.05) is 6.07 Å². The number of nitrogens with zero attached hydrogens (tertiary/aromatic N) is 8. The minimum absolute atomic E-state index is 0.00136. The molecule has 5 rings (SSSR count). The van der Waals surface area contributed by atoms with Crippen molar-refractivity contribution in [2.24, 2.45) is 0 Å². The Balaban J connectivity index is 1.68. The Morgan fingerprint density at radius 2 is 1.90 bits per heavy atom. The number of aromatic nitrogens is 6. The zero-order valence-electron chi connectivity index (χ0n) is 22.6. The van der Waals surface area contributed by atoms with Crippen molar-refractivity contribution in [1.29, 1.82) is 0 Å². The zero-order chi connectivity index (χ0) is 28.2. The van der Waals surface area contributed by atoms with Crippen molar-refractivity contribution in [3.8, 4) is 23.1 Å². The van der Waals surface area contributed by atoms with E-state index in [0.717, 1.165) is 13.0 Å². The lowest BCUT2D eigenvalue weighted by Gasteiger charge is -2.27. The van der Waals surface area contributed by atoms with Crippen molar-refractivity contribution in [2.45, 2.75) is 12.8 Å². The molecule has 0 atom stereocenters. The second-order valence-electron chi connectivity index (χ2n) is 9.54. The molecule has 0 spiro atoms. The lowest BCUT2D eigenvalue weighted by molar-refractivity contribution is 0.122. The number of imidazole rings is 1. The van der Waals surface area contributed by atoms with E-state index in [1.54, 1.807) is 30.5 Å². The number of fused-ring (bicyclic) bond motifs is 1. The van der Waals surface area contributed by atoms with Crippen LogP contribution in [-0.4, -0.2) is 95.0 Å². The van der Waals surface area contributed by atoms with Crippen LogP contribution in [0.2, 0.25) is 0 Å². The molecule has 0 radical (unpaired) electrons. The molecule has 212 valence electrons. The number of hydrogen-bond acceptors (Lipinski definition) is 11. The molecule has 3 aromatic heterocycles. The first-order valence-electron chi connectivity index (χ1n) is 12.9. The van der Waals surface area contributed by atoms with Gasteiger partial charge in [0.25, 0.3) is 6.43 Å². The summed E-state index contributed by atoms with van der Waals surface area (Å²) >= 11 is 0. The summed E-state index contributed by atoms with van der Waals surface area (Å²) in [5.41, 5.74) is 7.73. The Labute approximate surface area is 230 Å². The predicted molar refractivity (Wildman–Crippen MR) is 148 cm³/mol. The molecular weight excluding hydrogens is 522 g/mol. The summed E-state index contributed by atoms with van der Waals surface area (Å²) in [5.74, 6) is 0.964. The number of hydrogen-bond donors (Lipinski definition) is 2. The van der Waals surface area contributed by atoms with Crippen LogP contribution in [0.3, 0.4) is 0 Å². The topological polar surface area (TPSA) is 132 Å². The average molecular weight is 555 g/mol. The largest absolute Gasteiger partial charge is 0.494 e. The van der Waals surface area contributed by atoms with Gasteiger partial charge < -0.3 is 30.3 Å². The van der Waals surface area contributed by atoms with Crippen molar-refractivity contribution >= 4 is 28.5 Å². The van der Waals surface area contributed by atoms with Crippen molar-refractivity contribution in [1.82, 2.24) is 34.4 Å². The lowest BCUT2D eigenvalue weighted by atomic mass is 10.2. The normalized spacial score (nSPS) is 13.9. The number of para-hydroxylation sites is 1. The number of morpholine rings is 1.